The lowest BCUT2D eigenvalue weighted by atomic mass is 10.1. The normalized spacial score (nSPS) is 11.4. The van der Waals surface area contributed by atoms with Crippen molar-refractivity contribution in [1.82, 2.24) is 5.32 Å². The lowest BCUT2D eigenvalue weighted by Crippen LogP contribution is -2.44. The predicted molar refractivity (Wildman–Crippen MR) is 79.4 cm³/mol. The molecule has 1 unspecified atom stereocenters. The molecule has 0 aliphatic rings. The number of hydrogen-bond donors (Lipinski definition) is 2. The van der Waals surface area contributed by atoms with Crippen LogP contribution in [-0.4, -0.2) is 50.5 Å². The Labute approximate surface area is 132 Å². The predicted octanol–water partition coefficient (Wildman–Crippen LogP) is 1.23. The van der Waals surface area contributed by atoms with Crippen LogP contribution in [0.4, 0.5) is 4.39 Å². The van der Waals surface area contributed by atoms with Crippen LogP contribution in [0.1, 0.15) is 10.4 Å². The molecule has 1 aromatic rings. The minimum absolute atomic E-state index is 0.116. The molecule has 1 amide bonds. The van der Waals surface area contributed by atoms with E-state index in [2.05, 4.69) is 11.9 Å². The molecule has 0 saturated carbocycles. The van der Waals surface area contributed by atoms with Crippen molar-refractivity contribution in [2.24, 2.45) is 0 Å². The van der Waals surface area contributed by atoms with E-state index in [1.54, 1.807) is 0 Å². The summed E-state index contributed by atoms with van der Waals surface area (Å²) in [6.45, 7) is 3.28. The van der Waals surface area contributed by atoms with E-state index in [1.807, 2.05) is 0 Å². The minimum atomic E-state index is -1.32. The molecule has 0 bridgehead atoms. The Balaban J connectivity index is 2.94. The summed E-state index contributed by atoms with van der Waals surface area (Å²) < 4.78 is 28.9. The average Bonchev–Trinajstić information content (AvgIpc) is 2.53. The quantitative estimate of drug-likeness (QED) is 0.523. The van der Waals surface area contributed by atoms with Gasteiger partial charge in [0.2, 0.25) is 0 Å². The van der Waals surface area contributed by atoms with E-state index in [-0.39, 0.29) is 30.3 Å². The summed E-state index contributed by atoms with van der Waals surface area (Å²) in [5.41, 5.74) is -0.363. The molecule has 1 aromatic carbocycles. The maximum Gasteiger partial charge on any atom is 0.328 e. The fourth-order valence-electron chi connectivity index (χ4n) is 1.71. The largest absolute Gasteiger partial charge is 0.493 e. The van der Waals surface area contributed by atoms with Crippen LogP contribution < -0.4 is 14.8 Å². The average molecular weight is 327 g/mol. The highest BCUT2D eigenvalue weighted by molar-refractivity contribution is 5.97. The SMILES string of the molecule is C=CCOCC(NC(=O)c1cc(OC)c(OC)cc1F)C(=O)O. The number of benzene rings is 1. The van der Waals surface area contributed by atoms with Gasteiger partial charge in [0.05, 0.1) is 33.0 Å². The highest BCUT2D eigenvalue weighted by Gasteiger charge is 2.24. The maximum atomic E-state index is 14.0. The Kier molecular flexibility index (Phi) is 7.01. The smallest absolute Gasteiger partial charge is 0.328 e. The fourth-order valence-corrected chi connectivity index (χ4v) is 1.71. The van der Waals surface area contributed by atoms with Gasteiger partial charge in [-0.25, -0.2) is 9.18 Å². The Hall–Kier alpha value is -2.61. The number of amides is 1. The summed E-state index contributed by atoms with van der Waals surface area (Å²) in [7, 11) is 2.66. The summed E-state index contributed by atoms with van der Waals surface area (Å²) in [5.74, 6) is -2.81. The second-order valence-corrected chi connectivity index (χ2v) is 4.38. The molecule has 2 N–H and O–H groups in total. The van der Waals surface area contributed by atoms with E-state index in [4.69, 9.17) is 19.3 Å². The molecule has 0 aliphatic heterocycles. The highest BCUT2D eigenvalue weighted by Crippen LogP contribution is 2.29. The summed E-state index contributed by atoms with van der Waals surface area (Å²) in [6, 6.07) is 0.792. The number of ether oxygens (including phenoxy) is 3. The van der Waals surface area contributed by atoms with Crippen LogP contribution in [0.5, 0.6) is 11.5 Å². The molecule has 0 aromatic heterocycles. The van der Waals surface area contributed by atoms with Crippen molar-refractivity contribution in [2.45, 2.75) is 6.04 Å². The molecule has 0 heterocycles. The second kappa shape index (κ2) is 8.74. The number of carbonyl (C=O) groups excluding carboxylic acids is 1. The monoisotopic (exact) mass is 327 g/mol. The zero-order valence-corrected chi connectivity index (χ0v) is 12.8. The van der Waals surface area contributed by atoms with E-state index >= 15 is 0 Å². The van der Waals surface area contributed by atoms with Gasteiger partial charge in [0.25, 0.3) is 5.91 Å². The summed E-state index contributed by atoms with van der Waals surface area (Å²) >= 11 is 0. The van der Waals surface area contributed by atoms with Gasteiger partial charge in [0, 0.05) is 6.07 Å². The van der Waals surface area contributed by atoms with Crippen LogP contribution >= 0.6 is 0 Å². The van der Waals surface area contributed by atoms with E-state index < -0.39 is 23.7 Å². The van der Waals surface area contributed by atoms with Gasteiger partial charge in [-0.3, -0.25) is 4.79 Å². The maximum absolute atomic E-state index is 14.0. The number of hydrogen-bond acceptors (Lipinski definition) is 5. The van der Waals surface area contributed by atoms with Gasteiger partial charge in [-0.1, -0.05) is 6.08 Å². The number of halogens is 1. The van der Waals surface area contributed by atoms with Crippen molar-refractivity contribution in [1.29, 1.82) is 0 Å². The third-order valence-corrected chi connectivity index (χ3v) is 2.84. The minimum Gasteiger partial charge on any atom is -0.493 e. The zero-order chi connectivity index (χ0) is 17.4. The van der Waals surface area contributed by atoms with Gasteiger partial charge in [0.1, 0.15) is 5.82 Å². The van der Waals surface area contributed by atoms with Crippen LogP contribution in [0.3, 0.4) is 0 Å². The Morgan fingerprint density at radius 1 is 1.35 bits per heavy atom. The van der Waals surface area contributed by atoms with Crippen molar-refractivity contribution >= 4 is 11.9 Å². The highest BCUT2D eigenvalue weighted by atomic mass is 19.1. The van der Waals surface area contributed by atoms with Crippen molar-refractivity contribution in [3.8, 4) is 11.5 Å². The lowest BCUT2D eigenvalue weighted by molar-refractivity contribution is -0.140. The topological polar surface area (TPSA) is 94.1 Å². The van der Waals surface area contributed by atoms with Crippen molar-refractivity contribution < 1.29 is 33.3 Å². The molecule has 0 saturated heterocycles. The standard InChI is InChI=1S/C15H18FNO6/c1-4-5-23-8-11(15(19)20)17-14(18)9-6-12(21-2)13(22-3)7-10(9)16/h4,6-7,11H,1,5,8H2,2-3H3,(H,17,18)(H,19,20). The van der Waals surface area contributed by atoms with Crippen molar-refractivity contribution in [3.63, 3.8) is 0 Å². The summed E-state index contributed by atoms with van der Waals surface area (Å²) in [6.07, 6.45) is 1.44. The summed E-state index contributed by atoms with van der Waals surface area (Å²) in [5, 5.41) is 11.2. The molecule has 8 heteroatoms. The Morgan fingerprint density at radius 3 is 2.48 bits per heavy atom. The molecule has 23 heavy (non-hydrogen) atoms. The molecule has 1 rings (SSSR count). The molecule has 7 nitrogen and oxygen atoms in total. The molecule has 0 aliphatic carbocycles. The van der Waals surface area contributed by atoms with Crippen LogP contribution in [0, 0.1) is 5.82 Å². The van der Waals surface area contributed by atoms with E-state index in [1.165, 1.54) is 20.3 Å². The molecule has 0 radical (unpaired) electrons. The van der Waals surface area contributed by atoms with Gasteiger partial charge < -0.3 is 24.6 Å². The van der Waals surface area contributed by atoms with Gasteiger partial charge in [-0.05, 0) is 6.07 Å². The Bertz CT molecular complexity index is 590. The van der Waals surface area contributed by atoms with E-state index in [9.17, 15) is 14.0 Å². The third-order valence-electron chi connectivity index (χ3n) is 2.84. The van der Waals surface area contributed by atoms with Gasteiger partial charge in [0.15, 0.2) is 17.5 Å². The van der Waals surface area contributed by atoms with Crippen LogP contribution in [0.15, 0.2) is 24.8 Å². The van der Waals surface area contributed by atoms with Crippen LogP contribution in [0.2, 0.25) is 0 Å². The molecule has 0 spiro atoms. The second-order valence-electron chi connectivity index (χ2n) is 4.38. The van der Waals surface area contributed by atoms with Crippen molar-refractivity contribution in [3.05, 3.63) is 36.2 Å². The lowest BCUT2D eigenvalue weighted by Gasteiger charge is -2.15. The molecule has 126 valence electrons. The molecular formula is C15H18FNO6. The first-order valence-electron chi connectivity index (χ1n) is 6.58. The fraction of sp³-hybridized carbons (Fsp3) is 0.333. The first-order chi connectivity index (χ1) is 10.9. The number of carboxylic acid groups (broad SMARTS) is 1. The number of rotatable bonds is 9. The van der Waals surface area contributed by atoms with Crippen LogP contribution in [0.25, 0.3) is 0 Å². The first-order valence-corrected chi connectivity index (χ1v) is 6.58. The number of methoxy groups -OCH3 is 2. The van der Waals surface area contributed by atoms with E-state index in [0.717, 1.165) is 12.1 Å². The van der Waals surface area contributed by atoms with Gasteiger partial charge in [-0.2, -0.15) is 0 Å². The molecule has 0 fully saturated rings. The number of carboxylic acids is 1. The number of carbonyl (C=O) groups is 2. The molecule has 1 atom stereocenters. The molecular weight excluding hydrogens is 309 g/mol. The van der Waals surface area contributed by atoms with E-state index in [0.29, 0.717) is 0 Å². The van der Waals surface area contributed by atoms with Gasteiger partial charge >= 0.3 is 5.97 Å². The number of aliphatic carboxylic acids is 1. The summed E-state index contributed by atoms with van der Waals surface area (Å²) in [4.78, 5) is 23.2. The Morgan fingerprint density at radius 2 is 1.96 bits per heavy atom. The number of nitrogens with one attached hydrogen (secondary N) is 1. The first kappa shape index (κ1) is 18.4. The zero-order valence-electron chi connectivity index (χ0n) is 12.8. The van der Waals surface area contributed by atoms with Crippen molar-refractivity contribution in [2.75, 3.05) is 27.4 Å². The van der Waals surface area contributed by atoms with Gasteiger partial charge in [-0.15, -0.1) is 6.58 Å². The third kappa shape index (κ3) is 4.96. The van der Waals surface area contributed by atoms with Crippen LogP contribution in [-0.2, 0) is 9.53 Å².